The van der Waals surface area contributed by atoms with Gasteiger partial charge in [-0.1, -0.05) is 19.1 Å². The topological polar surface area (TPSA) is 64.7 Å². The molecule has 4 rings (SSSR count). The lowest BCUT2D eigenvalue weighted by Crippen LogP contribution is -2.47. The van der Waals surface area contributed by atoms with Crippen LogP contribution in [0.15, 0.2) is 24.3 Å². The molecule has 3 aliphatic rings. The molecule has 0 unspecified atom stereocenters. The van der Waals surface area contributed by atoms with E-state index in [0.29, 0.717) is 24.7 Å². The van der Waals surface area contributed by atoms with Crippen molar-refractivity contribution in [2.24, 2.45) is 0 Å². The van der Waals surface area contributed by atoms with E-state index in [9.17, 15) is 9.59 Å². The maximum atomic E-state index is 12.6. The van der Waals surface area contributed by atoms with Gasteiger partial charge in [0.25, 0.3) is 5.91 Å². The van der Waals surface area contributed by atoms with Crippen molar-refractivity contribution in [3.05, 3.63) is 35.4 Å². The van der Waals surface area contributed by atoms with Crippen molar-refractivity contribution in [3.63, 3.8) is 0 Å². The monoisotopic (exact) mass is 398 g/mol. The smallest absolute Gasteiger partial charge is 0.251 e. The number of piperidine rings is 1. The predicted molar refractivity (Wildman–Crippen MR) is 114 cm³/mol. The minimum Gasteiger partial charge on any atom is -0.352 e. The van der Waals surface area contributed by atoms with E-state index in [4.69, 9.17) is 0 Å². The molecule has 6 nitrogen and oxygen atoms in total. The van der Waals surface area contributed by atoms with E-state index in [1.54, 1.807) is 0 Å². The third-order valence-corrected chi connectivity index (χ3v) is 6.32. The molecular weight excluding hydrogens is 364 g/mol. The third kappa shape index (κ3) is 6.03. The van der Waals surface area contributed by atoms with Crippen molar-refractivity contribution in [1.82, 2.24) is 20.4 Å². The van der Waals surface area contributed by atoms with Crippen LogP contribution in [-0.2, 0) is 11.3 Å². The number of nitrogens with zero attached hydrogens (tertiary/aromatic N) is 2. The van der Waals surface area contributed by atoms with Crippen LogP contribution in [0.4, 0.5) is 0 Å². The number of carbonyl (C=O) groups is 2. The molecule has 2 N–H and O–H groups in total. The highest BCUT2D eigenvalue weighted by atomic mass is 16.2. The van der Waals surface area contributed by atoms with Crippen LogP contribution in [0.2, 0.25) is 0 Å². The Morgan fingerprint density at radius 1 is 0.966 bits per heavy atom. The summed E-state index contributed by atoms with van der Waals surface area (Å²) in [7, 11) is 0. The van der Waals surface area contributed by atoms with E-state index in [2.05, 4.69) is 27.4 Å². The molecule has 0 aromatic heterocycles. The molecule has 29 heavy (non-hydrogen) atoms. The second-order valence-electron chi connectivity index (χ2n) is 8.86. The number of amides is 2. The molecule has 0 bridgehead atoms. The summed E-state index contributed by atoms with van der Waals surface area (Å²) >= 11 is 0. The molecule has 1 aliphatic heterocycles. The zero-order valence-electron chi connectivity index (χ0n) is 17.5. The van der Waals surface area contributed by atoms with Crippen molar-refractivity contribution in [2.75, 3.05) is 26.2 Å². The molecule has 158 valence electrons. The summed E-state index contributed by atoms with van der Waals surface area (Å²) in [5, 5.41) is 6.27. The Morgan fingerprint density at radius 3 is 2.21 bits per heavy atom. The lowest BCUT2D eigenvalue weighted by Gasteiger charge is -2.32. The summed E-state index contributed by atoms with van der Waals surface area (Å²) in [6, 6.07) is 9.06. The van der Waals surface area contributed by atoms with Gasteiger partial charge in [0, 0.05) is 43.3 Å². The Balaban J connectivity index is 1.26. The van der Waals surface area contributed by atoms with Gasteiger partial charge in [-0.15, -0.1) is 0 Å². The lowest BCUT2D eigenvalue weighted by atomic mass is 10.1. The second kappa shape index (κ2) is 9.26. The van der Waals surface area contributed by atoms with E-state index in [1.807, 2.05) is 24.3 Å². The van der Waals surface area contributed by atoms with Crippen LogP contribution in [0.25, 0.3) is 0 Å². The Bertz CT molecular complexity index is 704. The van der Waals surface area contributed by atoms with Crippen LogP contribution in [0.5, 0.6) is 0 Å². The summed E-state index contributed by atoms with van der Waals surface area (Å²) in [5.41, 5.74) is 1.87. The molecule has 6 heteroatoms. The molecule has 0 spiro atoms. The van der Waals surface area contributed by atoms with E-state index in [0.717, 1.165) is 63.0 Å². The summed E-state index contributed by atoms with van der Waals surface area (Å²) in [4.78, 5) is 29.5. The van der Waals surface area contributed by atoms with Crippen LogP contribution in [-0.4, -0.2) is 65.9 Å². The number of benzene rings is 1. The summed E-state index contributed by atoms with van der Waals surface area (Å²) in [5.74, 6) is 0.166. The normalized spacial score (nSPS) is 20.6. The number of nitrogens with one attached hydrogen (secondary N) is 2. The fraction of sp³-hybridized carbons (Fsp3) is 0.652. The number of hydrogen-bond acceptors (Lipinski definition) is 4. The molecule has 0 radical (unpaired) electrons. The average molecular weight is 399 g/mol. The van der Waals surface area contributed by atoms with Crippen molar-refractivity contribution in [3.8, 4) is 0 Å². The largest absolute Gasteiger partial charge is 0.352 e. The second-order valence-corrected chi connectivity index (χ2v) is 8.86. The lowest BCUT2D eigenvalue weighted by molar-refractivity contribution is -0.123. The zero-order valence-corrected chi connectivity index (χ0v) is 17.5. The van der Waals surface area contributed by atoms with E-state index < -0.39 is 0 Å². The van der Waals surface area contributed by atoms with Crippen molar-refractivity contribution >= 4 is 11.8 Å². The Morgan fingerprint density at radius 2 is 1.62 bits per heavy atom. The highest BCUT2D eigenvalue weighted by molar-refractivity contribution is 5.94. The molecule has 1 aromatic rings. The molecule has 1 saturated heterocycles. The molecule has 1 heterocycles. The predicted octanol–water partition coefficient (Wildman–Crippen LogP) is 2.14. The Labute approximate surface area is 174 Å². The summed E-state index contributed by atoms with van der Waals surface area (Å²) in [6.45, 7) is 6.66. The Kier molecular flexibility index (Phi) is 6.50. The highest BCUT2D eigenvalue weighted by Gasteiger charge is 2.31. The van der Waals surface area contributed by atoms with Gasteiger partial charge in [0.2, 0.25) is 5.91 Å². The summed E-state index contributed by atoms with van der Waals surface area (Å²) in [6.07, 6.45) is 6.63. The minimum absolute atomic E-state index is 0.0200. The van der Waals surface area contributed by atoms with Crippen LogP contribution in [0.3, 0.4) is 0 Å². The first kappa shape index (κ1) is 20.4. The molecule has 2 saturated carbocycles. The van der Waals surface area contributed by atoms with Crippen LogP contribution in [0, 0.1) is 0 Å². The van der Waals surface area contributed by atoms with E-state index in [-0.39, 0.29) is 11.8 Å². The van der Waals surface area contributed by atoms with Crippen molar-refractivity contribution in [2.45, 2.75) is 70.1 Å². The molecule has 2 amide bonds. The number of rotatable bonds is 9. The van der Waals surface area contributed by atoms with Crippen molar-refractivity contribution < 1.29 is 9.59 Å². The molecule has 1 aromatic carbocycles. The third-order valence-electron chi connectivity index (χ3n) is 6.32. The fourth-order valence-corrected chi connectivity index (χ4v) is 4.10. The average Bonchev–Trinajstić information content (AvgIpc) is 3.63. The van der Waals surface area contributed by atoms with Gasteiger partial charge in [-0.05, 0) is 62.8 Å². The number of hydrogen-bond donors (Lipinski definition) is 2. The number of carbonyl (C=O) groups excluding carboxylic acids is 2. The van der Waals surface area contributed by atoms with Crippen LogP contribution in [0.1, 0.15) is 61.4 Å². The maximum absolute atomic E-state index is 12.6. The van der Waals surface area contributed by atoms with Gasteiger partial charge in [0.1, 0.15) is 0 Å². The van der Waals surface area contributed by atoms with Gasteiger partial charge in [-0.25, -0.2) is 0 Å². The van der Waals surface area contributed by atoms with Gasteiger partial charge >= 0.3 is 0 Å². The van der Waals surface area contributed by atoms with Crippen LogP contribution < -0.4 is 10.6 Å². The van der Waals surface area contributed by atoms with E-state index >= 15 is 0 Å². The van der Waals surface area contributed by atoms with Gasteiger partial charge in [0.15, 0.2) is 0 Å². The Hall–Kier alpha value is -1.92. The van der Waals surface area contributed by atoms with Gasteiger partial charge in [0.05, 0.1) is 6.54 Å². The standard InChI is InChI=1S/C23H34N4O2/c1-2-26-13-11-20(12-14-26)24-22(28)16-27(21-9-10-21)15-17-3-5-18(6-4-17)23(29)25-19-7-8-19/h3-6,19-21H,2,7-16H2,1H3,(H,24,28)(H,25,29). The SMILES string of the molecule is CCN1CCC(NC(=O)CN(Cc2ccc(C(=O)NC3CC3)cc2)C2CC2)CC1. The quantitative estimate of drug-likeness (QED) is 0.669. The fourth-order valence-electron chi connectivity index (χ4n) is 4.10. The van der Waals surface area contributed by atoms with E-state index in [1.165, 1.54) is 12.8 Å². The first-order valence-corrected chi connectivity index (χ1v) is 11.3. The zero-order chi connectivity index (χ0) is 20.2. The van der Waals surface area contributed by atoms with Crippen LogP contribution >= 0.6 is 0 Å². The molecule has 0 atom stereocenters. The van der Waals surface area contributed by atoms with Gasteiger partial charge in [-0.2, -0.15) is 0 Å². The van der Waals surface area contributed by atoms with Crippen molar-refractivity contribution in [1.29, 1.82) is 0 Å². The molecular formula is C23H34N4O2. The molecule has 2 aliphatic carbocycles. The maximum Gasteiger partial charge on any atom is 0.251 e. The first-order chi connectivity index (χ1) is 14.1. The summed E-state index contributed by atoms with van der Waals surface area (Å²) < 4.78 is 0. The van der Waals surface area contributed by atoms with Gasteiger partial charge in [-0.3, -0.25) is 14.5 Å². The first-order valence-electron chi connectivity index (χ1n) is 11.3. The minimum atomic E-state index is 0.0200. The highest BCUT2D eigenvalue weighted by Crippen LogP contribution is 2.28. The molecule has 3 fully saturated rings. The number of likely N-dealkylation sites (tertiary alicyclic amines) is 1. The van der Waals surface area contributed by atoms with Gasteiger partial charge < -0.3 is 15.5 Å².